The zero-order valence-corrected chi connectivity index (χ0v) is 13.4. The average molecular weight is 350 g/mol. The summed E-state index contributed by atoms with van der Waals surface area (Å²) >= 11 is 8.12. The van der Waals surface area contributed by atoms with Crippen LogP contribution in [0.25, 0.3) is 0 Å². The number of methoxy groups -OCH3 is 1. The summed E-state index contributed by atoms with van der Waals surface area (Å²) in [4.78, 5) is -0.174. The van der Waals surface area contributed by atoms with Crippen molar-refractivity contribution in [1.29, 1.82) is 0 Å². The first kappa shape index (κ1) is 18.6. The summed E-state index contributed by atoms with van der Waals surface area (Å²) in [6.07, 6.45) is 8.57. The van der Waals surface area contributed by atoms with Crippen LogP contribution in [0.5, 0.6) is 0 Å². The highest BCUT2D eigenvalue weighted by Crippen LogP contribution is 2.30. The predicted molar refractivity (Wildman–Crippen MR) is 76.9 cm³/mol. The molecule has 1 atom stereocenters. The molecule has 0 N–H and O–H groups in total. The van der Waals surface area contributed by atoms with Crippen molar-refractivity contribution in [2.24, 2.45) is 0 Å². The molecule has 0 bridgehead atoms. The second-order valence-electron chi connectivity index (χ2n) is 4.67. The molecule has 0 amide bonds. The molecule has 0 heterocycles. The fourth-order valence-corrected chi connectivity index (χ4v) is 2.95. The zero-order valence-electron chi connectivity index (χ0n) is 11.1. The van der Waals surface area contributed by atoms with Gasteiger partial charge >= 0.3 is 5.38 Å². The van der Waals surface area contributed by atoms with Gasteiger partial charge in [0.25, 0.3) is 0 Å². The maximum Gasteiger partial charge on any atom is 0.322 e. The van der Waals surface area contributed by atoms with Gasteiger partial charge in [-0.2, -0.15) is 8.78 Å². The van der Waals surface area contributed by atoms with E-state index in [4.69, 9.17) is 16.3 Å². The van der Waals surface area contributed by atoms with Crippen molar-refractivity contribution in [1.82, 2.24) is 0 Å². The van der Waals surface area contributed by atoms with Gasteiger partial charge in [-0.3, -0.25) is 0 Å². The van der Waals surface area contributed by atoms with Gasteiger partial charge in [0.2, 0.25) is 0 Å². The largest absolute Gasteiger partial charge is 0.385 e. The molecule has 0 aliphatic carbocycles. The van der Waals surface area contributed by atoms with Crippen LogP contribution >= 0.6 is 27.5 Å². The molecule has 0 aromatic rings. The minimum absolute atomic E-state index is 0.174. The Morgan fingerprint density at radius 2 is 1.56 bits per heavy atom. The maximum absolute atomic E-state index is 12.5. The molecule has 0 aromatic heterocycles. The molecule has 0 aliphatic rings. The van der Waals surface area contributed by atoms with Gasteiger partial charge in [-0.15, -0.1) is 0 Å². The third-order valence-corrected chi connectivity index (χ3v) is 3.75. The molecule has 0 aliphatic heterocycles. The van der Waals surface area contributed by atoms with Gasteiger partial charge in [0.1, 0.15) is 0 Å². The van der Waals surface area contributed by atoms with Crippen LogP contribution in [0.4, 0.5) is 8.78 Å². The van der Waals surface area contributed by atoms with Gasteiger partial charge < -0.3 is 4.74 Å². The molecule has 0 saturated heterocycles. The topological polar surface area (TPSA) is 9.23 Å². The lowest BCUT2D eigenvalue weighted by molar-refractivity contribution is 0.0853. The smallest absolute Gasteiger partial charge is 0.322 e. The number of rotatable bonds is 12. The number of hydrogen-bond donors (Lipinski definition) is 0. The quantitative estimate of drug-likeness (QED) is 0.322. The number of ether oxygens (including phenoxy) is 1. The fourth-order valence-electron chi connectivity index (χ4n) is 1.85. The van der Waals surface area contributed by atoms with Crippen LogP contribution in [-0.4, -0.2) is 23.9 Å². The maximum atomic E-state index is 12.5. The van der Waals surface area contributed by atoms with Crippen molar-refractivity contribution in [2.45, 2.75) is 68.0 Å². The van der Waals surface area contributed by atoms with Crippen LogP contribution in [0.2, 0.25) is 0 Å². The van der Waals surface area contributed by atoms with Crippen LogP contribution in [0.1, 0.15) is 57.8 Å². The van der Waals surface area contributed by atoms with Gasteiger partial charge in [0, 0.05) is 25.0 Å². The summed E-state index contributed by atoms with van der Waals surface area (Å²) < 4.78 is 29.9. The van der Waals surface area contributed by atoms with E-state index in [2.05, 4.69) is 15.9 Å². The summed E-state index contributed by atoms with van der Waals surface area (Å²) in [5.74, 6) is 0. The van der Waals surface area contributed by atoms with Crippen LogP contribution in [-0.2, 0) is 4.74 Å². The predicted octanol–water partition coefficient (Wildman–Crippen LogP) is 5.74. The minimum atomic E-state index is -3.07. The Balaban J connectivity index is 3.20. The van der Waals surface area contributed by atoms with E-state index in [9.17, 15) is 8.78 Å². The van der Waals surface area contributed by atoms with Crippen molar-refractivity contribution >= 4 is 27.5 Å². The molecule has 0 radical (unpaired) electrons. The standard InChI is InChI=1S/C13H24BrClF2O/c1-18-10-8-6-4-2-3-5-7-9-12(14)11-13(15,16)17/h12H,2-11H2,1H3. The Morgan fingerprint density at radius 1 is 1.06 bits per heavy atom. The lowest BCUT2D eigenvalue weighted by atomic mass is 10.1. The summed E-state index contributed by atoms with van der Waals surface area (Å²) in [7, 11) is 1.72. The minimum Gasteiger partial charge on any atom is -0.385 e. The molecular weight excluding hydrogens is 325 g/mol. The Labute approximate surface area is 123 Å². The SMILES string of the molecule is COCCCCCCCCCC(Br)CC(F)(F)Cl. The van der Waals surface area contributed by atoms with Gasteiger partial charge in [-0.1, -0.05) is 54.5 Å². The second kappa shape index (κ2) is 11.4. The average Bonchev–Trinajstić information content (AvgIpc) is 2.24. The Morgan fingerprint density at radius 3 is 2.06 bits per heavy atom. The first-order chi connectivity index (χ1) is 8.45. The molecule has 0 fully saturated rings. The lowest BCUT2D eigenvalue weighted by Crippen LogP contribution is -2.13. The Kier molecular flexibility index (Phi) is 11.8. The Hall–Kier alpha value is 0.590. The van der Waals surface area contributed by atoms with E-state index < -0.39 is 5.38 Å². The molecule has 0 spiro atoms. The fraction of sp³-hybridized carbons (Fsp3) is 1.00. The highest BCUT2D eigenvalue weighted by atomic mass is 79.9. The van der Waals surface area contributed by atoms with Crippen molar-refractivity contribution in [3.63, 3.8) is 0 Å². The van der Waals surface area contributed by atoms with Gasteiger partial charge in [0.15, 0.2) is 0 Å². The first-order valence-electron chi connectivity index (χ1n) is 6.65. The lowest BCUT2D eigenvalue weighted by Gasteiger charge is -2.13. The van der Waals surface area contributed by atoms with Gasteiger partial charge in [0.05, 0.1) is 0 Å². The van der Waals surface area contributed by atoms with E-state index in [0.717, 1.165) is 32.3 Å². The molecule has 110 valence electrons. The van der Waals surface area contributed by atoms with Crippen LogP contribution in [0.15, 0.2) is 0 Å². The highest BCUT2D eigenvalue weighted by Gasteiger charge is 2.27. The molecule has 1 nitrogen and oxygen atoms in total. The molecule has 18 heavy (non-hydrogen) atoms. The summed E-state index contributed by atoms with van der Waals surface area (Å²) in [6.45, 7) is 0.845. The molecule has 1 unspecified atom stereocenters. The normalized spacial score (nSPS) is 13.8. The second-order valence-corrected chi connectivity index (χ2v) is 6.52. The van der Waals surface area contributed by atoms with Crippen molar-refractivity contribution in [2.75, 3.05) is 13.7 Å². The summed E-state index contributed by atoms with van der Waals surface area (Å²) in [6, 6.07) is 0. The third kappa shape index (κ3) is 14.7. The van der Waals surface area contributed by atoms with E-state index >= 15 is 0 Å². The van der Waals surface area contributed by atoms with Crippen LogP contribution in [0, 0.1) is 0 Å². The van der Waals surface area contributed by atoms with Crippen LogP contribution < -0.4 is 0 Å². The molecule has 0 saturated carbocycles. The number of unbranched alkanes of at least 4 members (excludes halogenated alkanes) is 6. The highest BCUT2D eigenvalue weighted by molar-refractivity contribution is 9.09. The van der Waals surface area contributed by atoms with Gasteiger partial charge in [-0.25, -0.2) is 0 Å². The number of hydrogen-bond acceptors (Lipinski definition) is 1. The number of alkyl halides is 4. The molecule has 0 aromatic carbocycles. The van der Waals surface area contributed by atoms with E-state index in [1.54, 1.807) is 7.11 Å². The number of halogens is 4. The van der Waals surface area contributed by atoms with Crippen molar-refractivity contribution in [3.8, 4) is 0 Å². The molecule has 0 rings (SSSR count). The van der Waals surface area contributed by atoms with Gasteiger partial charge in [-0.05, 0) is 24.4 Å². The first-order valence-corrected chi connectivity index (χ1v) is 7.95. The van der Waals surface area contributed by atoms with E-state index in [-0.39, 0.29) is 11.2 Å². The van der Waals surface area contributed by atoms with E-state index in [1.807, 2.05) is 0 Å². The van der Waals surface area contributed by atoms with E-state index in [1.165, 1.54) is 25.7 Å². The van der Waals surface area contributed by atoms with Crippen molar-refractivity contribution in [3.05, 3.63) is 0 Å². The zero-order chi connectivity index (χ0) is 13.9. The molecular formula is C13H24BrClF2O. The monoisotopic (exact) mass is 348 g/mol. The van der Waals surface area contributed by atoms with Crippen molar-refractivity contribution < 1.29 is 13.5 Å². The summed E-state index contributed by atoms with van der Waals surface area (Å²) in [5.41, 5.74) is 0. The Bertz CT molecular complexity index is 188. The summed E-state index contributed by atoms with van der Waals surface area (Å²) in [5, 5.41) is -3.07. The molecule has 5 heteroatoms. The third-order valence-electron chi connectivity index (χ3n) is 2.82. The van der Waals surface area contributed by atoms with Crippen LogP contribution in [0.3, 0.4) is 0 Å². The van der Waals surface area contributed by atoms with E-state index in [0.29, 0.717) is 0 Å².